The topological polar surface area (TPSA) is 90.2 Å². The number of aliphatic hydroxyl groups excluding tert-OH is 4. The molecular weight excluding hydrogens is 164 g/mol. The summed E-state index contributed by atoms with van der Waals surface area (Å²) in [6, 6.07) is 0. The van der Waals surface area contributed by atoms with Crippen LogP contribution in [0.4, 0.5) is 0 Å². The average Bonchev–Trinajstić information content (AvgIpc) is 2.12. The van der Waals surface area contributed by atoms with Crippen molar-refractivity contribution in [1.82, 2.24) is 0 Å². The molecule has 0 aromatic heterocycles. The van der Waals surface area contributed by atoms with E-state index in [0.717, 1.165) is 0 Å². The second kappa shape index (κ2) is 6.33. The fourth-order valence-electron chi connectivity index (χ4n) is 0.686. The molecule has 0 spiro atoms. The van der Waals surface area contributed by atoms with Gasteiger partial charge in [0.05, 0.1) is 25.9 Å². The third kappa shape index (κ3) is 3.99. The van der Waals surface area contributed by atoms with Gasteiger partial charge in [0.1, 0.15) is 12.2 Å². The zero-order chi connectivity index (χ0) is 9.56. The Morgan fingerprint density at radius 2 is 1.58 bits per heavy atom. The van der Waals surface area contributed by atoms with E-state index in [1.54, 1.807) is 6.92 Å². The molecule has 0 amide bonds. The zero-order valence-electron chi connectivity index (χ0n) is 7.05. The van der Waals surface area contributed by atoms with E-state index in [1.807, 2.05) is 0 Å². The molecule has 0 heterocycles. The molecule has 2 atom stereocenters. The van der Waals surface area contributed by atoms with Crippen LogP contribution in [0.5, 0.6) is 0 Å². The minimum absolute atomic E-state index is 0.307. The quantitative estimate of drug-likeness (QED) is 0.383. The van der Waals surface area contributed by atoms with Crippen LogP contribution in [0.1, 0.15) is 6.92 Å². The molecule has 0 aromatic rings. The second-order valence-electron chi connectivity index (χ2n) is 2.58. The van der Waals surface area contributed by atoms with E-state index in [2.05, 4.69) is 0 Å². The predicted octanol–water partition coefficient (Wildman–Crippen LogP) is -1.90. The van der Waals surface area contributed by atoms with Gasteiger partial charge in [-0.3, -0.25) is 0 Å². The highest BCUT2D eigenvalue weighted by atomic mass is 16.5. The van der Waals surface area contributed by atoms with Gasteiger partial charge >= 0.3 is 0 Å². The minimum Gasteiger partial charge on any atom is -0.394 e. The standard InChI is InChI=1S/C7H16O5/c1-5(7(11)4-10)12-6(2-8)3-9/h5-11H,2-4H2,1H3. The summed E-state index contributed by atoms with van der Waals surface area (Å²) in [7, 11) is 0. The molecule has 74 valence electrons. The number of rotatable bonds is 6. The summed E-state index contributed by atoms with van der Waals surface area (Å²) in [6.45, 7) is 0.544. The first-order chi connectivity index (χ1) is 5.65. The first kappa shape index (κ1) is 11.8. The number of aliphatic hydroxyl groups is 4. The molecular formula is C7H16O5. The van der Waals surface area contributed by atoms with Crippen LogP contribution in [0, 0.1) is 0 Å². The lowest BCUT2D eigenvalue weighted by atomic mass is 10.2. The maximum absolute atomic E-state index is 9.03. The average molecular weight is 180 g/mol. The maximum atomic E-state index is 9.03. The van der Waals surface area contributed by atoms with Gasteiger partial charge in [0.25, 0.3) is 0 Å². The van der Waals surface area contributed by atoms with Crippen LogP contribution in [0.25, 0.3) is 0 Å². The number of hydrogen-bond donors (Lipinski definition) is 4. The molecule has 0 aromatic carbocycles. The van der Waals surface area contributed by atoms with Crippen LogP contribution >= 0.6 is 0 Å². The Morgan fingerprint density at radius 1 is 1.08 bits per heavy atom. The third-order valence-corrected chi connectivity index (χ3v) is 1.54. The summed E-state index contributed by atoms with van der Waals surface area (Å²) in [5.74, 6) is 0. The van der Waals surface area contributed by atoms with Crippen LogP contribution in [-0.2, 0) is 4.74 Å². The van der Waals surface area contributed by atoms with Gasteiger partial charge in [-0.15, -0.1) is 0 Å². The molecule has 2 unspecified atom stereocenters. The van der Waals surface area contributed by atoms with Crippen molar-refractivity contribution >= 4 is 0 Å². The van der Waals surface area contributed by atoms with Crippen molar-refractivity contribution in [3.8, 4) is 0 Å². The highest BCUT2D eigenvalue weighted by Crippen LogP contribution is 2.02. The van der Waals surface area contributed by atoms with Gasteiger partial charge in [0, 0.05) is 0 Å². The van der Waals surface area contributed by atoms with Gasteiger partial charge in [0.2, 0.25) is 0 Å². The largest absolute Gasteiger partial charge is 0.394 e. The molecule has 0 fully saturated rings. The van der Waals surface area contributed by atoms with Crippen molar-refractivity contribution in [2.75, 3.05) is 19.8 Å². The van der Waals surface area contributed by atoms with Crippen LogP contribution in [0.3, 0.4) is 0 Å². The Hall–Kier alpha value is -0.200. The number of ether oxygens (including phenoxy) is 1. The highest BCUT2D eigenvalue weighted by molar-refractivity contribution is 4.65. The molecule has 0 aliphatic heterocycles. The van der Waals surface area contributed by atoms with Gasteiger partial charge in [0.15, 0.2) is 0 Å². The molecule has 0 bridgehead atoms. The lowest BCUT2D eigenvalue weighted by Gasteiger charge is -2.22. The van der Waals surface area contributed by atoms with E-state index in [1.165, 1.54) is 0 Å². The normalized spacial score (nSPS) is 16.5. The van der Waals surface area contributed by atoms with E-state index in [4.69, 9.17) is 25.2 Å². The summed E-state index contributed by atoms with van der Waals surface area (Å²) in [6.07, 6.45) is -2.27. The van der Waals surface area contributed by atoms with Crippen molar-refractivity contribution in [2.45, 2.75) is 25.2 Å². The predicted molar refractivity (Wildman–Crippen MR) is 41.6 cm³/mol. The summed E-state index contributed by atoms with van der Waals surface area (Å²) >= 11 is 0. The molecule has 0 aliphatic carbocycles. The molecule has 0 radical (unpaired) electrons. The summed E-state index contributed by atoms with van der Waals surface area (Å²) in [4.78, 5) is 0. The van der Waals surface area contributed by atoms with E-state index in [9.17, 15) is 0 Å². The summed E-state index contributed by atoms with van der Waals surface area (Å²) in [5.41, 5.74) is 0. The van der Waals surface area contributed by atoms with Crippen LogP contribution in [0.15, 0.2) is 0 Å². The van der Waals surface area contributed by atoms with Crippen molar-refractivity contribution in [3.05, 3.63) is 0 Å². The summed E-state index contributed by atoms with van der Waals surface area (Å²) < 4.78 is 4.99. The fraction of sp³-hybridized carbons (Fsp3) is 1.00. The minimum atomic E-state index is -0.981. The van der Waals surface area contributed by atoms with Gasteiger partial charge in [-0.1, -0.05) is 0 Å². The zero-order valence-corrected chi connectivity index (χ0v) is 7.05. The van der Waals surface area contributed by atoms with Crippen LogP contribution in [-0.4, -0.2) is 58.6 Å². The van der Waals surface area contributed by atoms with E-state index < -0.39 is 24.9 Å². The Balaban J connectivity index is 3.72. The van der Waals surface area contributed by atoms with Gasteiger partial charge in [-0.2, -0.15) is 0 Å². The van der Waals surface area contributed by atoms with E-state index in [0.29, 0.717) is 0 Å². The molecule has 0 rings (SSSR count). The molecule has 12 heavy (non-hydrogen) atoms. The summed E-state index contributed by atoms with van der Waals surface area (Å²) in [5, 5.41) is 34.7. The highest BCUT2D eigenvalue weighted by Gasteiger charge is 2.17. The monoisotopic (exact) mass is 180 g/mol. The SMILES string of the molecule is CC(OC(CO)CO)C(O)CO. The van der Waals surface area contributed by atoms with Crippen LogP contribution < -0.4 is 0 Å². The fourth-order valence-corrected chi connectivity index (χ4v) is 0.686. The molecule has 0 saturated heterocycles. The maximum Gasteiger partial charge on any atom is 0.104 e. The van der Waals surface area contributed by atoms with Crippen molar-refractivity contribution in [3.63, 3.8) is 0 Å². The van der Waals surface area contributed by atoms with E-state index in [-0.39, 0.29) is 13.2 Å². The van der Waals surface area contributed by atoms with Crippen molar-refractivity contribution < 1.29 is 25.2 Å². The van der Waals surface area contributed by atoms with E-state index >= 15 is 0 Å². The lowest BCUT2D eigenvalue weighted by Crippen LogP contribution is -2.35. The Morgan fingerprint density at radius 3 is 1.92 bits per heavy atom. The van der Waals surface area contributed by atoms with Gasteiger partial charge in [-0.25, -0.2) is 0 Å². The Labute approximate surface area is 71.2 Å². The molecule has 0 saturated carbocycles. The molecule has 5 nitrogen and oxygen atoms in total. The van der Waals surface area contributed by atoms with Crippen molar-refractivity contribution in [2.24, 2.45) is 0 Å². The molecule has 5 heteroatoms. The number of hydrogen-bond acceptors (Lipinski definition) is 5. The first-order valence-electron chi connectivity index (χ1n) is 3.81. The smallest absolute Gasteiger partial charge is 0.104 e. The second-order valence-corrected chi connectivity index (χ2v) is 2.58. The van der Waals surface area contributed by atoms with Crippen LogP contribution in [0.2, 0.25) is 0 Å². The third-order valence-electron chi connectivity index (χ3n) is 1.54. The van der Waals surface area contributed by atoms with Gasteiger partial charge in [-0.05, 0) is 6.92 Å². The Kier molecular flexibility index (Phi) is 6.23. The van der Waals surface area contributed by atoms with Crippen molar-refractivity contribution in [1.29, 1.82) is 0 Å². The lowest BCUT2D eigenvalue weighted by molar-refractivity contribution is -0.108. The first-order valence-corrected chi connectivity index (χ1v) is 3.81. The molecule has 0 aliphatic rings. The van der Waals surface area contributed by atoms with Gasteiger partial charge < -0.3 is 25.2 Å². The molecule has 4 N–H and O–H groups in total. The Bertz CT molecular complexity index is 104.